The largest absolute Gasteiger partial charge is 0.377 e. The average Bonchev–Trinajstić information content (AvgIpc) is 2.88. The lowest BCUT2D eigenvalue weighted by molar-refractivity contribution is 0.129. The van der Waals surface area contributed by atoms with Crippen molar-refractivity contribution in [3.05, 3.63) is 29.6 Å². The summed E-state index contributed by atoms with van der Waals surface area (Å²) in [5, 5.41) is 3.35. The van der Waals surface area contributed by atoms with Gasteiger partial charge in [0.05, 0.1) is 6.10 Å². The zero-order chi connectivity index (χ0) is 13.7. The van der Waals surface area contributed by atoms with E-state index in [0.717, 1.165) is 35.7 Å². The zero-order valence-corrected chi connectivity index (χ0v) is 12.4. The highest BCUT2D eigenvalue weighted by atomic mass is 32.2. The molecule has 1 aromatic rings. The second kappa shape index (κ2) is 7.27. The van der Waals surface area contributed by atoms with Crippen LogP contribution in [0.4, 0.5) is 4.39 Å². The van der Waals surface area contributed by atoms with Gasteiger partial charge in [-0.3, -0.25) is 0 Å². The van der Waals surface area contributed by atoms with Gasteiger partial charge < -0.3 is 10.1 Å². The van der Waals surface area contributed by atoms with E-state index in [-0.39, 0.29) is 11.9 Å². The summed E-state index contributed by atoms with van der Waals surface area (Å²) in [6.45, 7) is 5.75. The fourth-order valence-electron chi connectivity index (χ4n) is 2.12. The monoisotopic (exact) mass is 283 g/mol. The van der Waals surface area contributed by atoms with Gasteiger partial charge in [0.15, 0.2) is 0 Å². The predicted molar refractivity (Wildman–Crippen MR) is 78.1 cm³/mol. The molecule has 0 saturated carbocycles. The topological polar surface area (TPSA) is 21.3 Å². The first kappa shape index (κ1) is 14.8. The molecule has 1 saturated heterocycles. The van der Waals surface area contributed by atoms with Gasteiger partial charge in [0.2, 0.25) is 0 Å². The maximum Gasteiger partial charge on any atom is 0.137 e. The summed E-state index contributed by atoms with van der Waals surface area (Å²) >= 11 is 1.58. The molecule has 0 aromatic heterocycles. The van der Waals surface area contributed by atoms with E-state index < -0.39 is 0 Å². The van der Waals surface area contributed by atoms with Gasteiger partial charge >= 0.3 is 0 Å². The third kappa shape index (κ3) is 4.48. The third-order valence-electron chi connectivity index (χ3n) is 3.19. The molecule has 2 rings (SSSR count). The lowest BCUT2D eigenvalue weighted by Crippen LogP contribution is -2.22. The van der Waals surface area contributed by atoms with Crippen LogP contribution in [0.3, 0.4) is 0 Å². The maximum absolute atomic E-state index is 14.0. The van der Waals surface area contributed by atoms with Crippen LogP contribution in [-0.2, 0) is 11.3 Å². The van der Waals surface area contributed by atoms with Crippen molar-refractivity contribution in [1.29, 1.82) is 0 Å². The van der Waals surface area contributed by atoms with E-state index in [4.69, 9.17) is 4.74 Å². The van der Waals surface area contributed by atoms with Gasteiger partial charge in [0.1, 0.15) is 5.82 Å². The van der Waals surface area contributed by atoms with E-state index in [9.17, 15) is 4.39 Å². The molecular formula is C15H22FNOS. The Morgan fingerprint density at radius 3 is 3.00 bits per heavy atom. The lowest BCUT2D eigenvalue weighted by Gasteiger charge is -2.14. The minimum absolute atomic E-state index is 0.119. The normalized spacial score (nSPS) is 19.3. The Labute approximate surface area is 119 Å². The van der Waals surface area contributed by atoms with Crippen LogP contribution in [0.2, 0.25) is 0 Å². The molecule has 0 amide bonds. The Morgan fingerprint density at radius 2 is 2.32 bits per heavy atom. The maximum atomic E-state index is 14.0. The van der Waals surface area contributed by atoms with Crippen molar-refractivity contribution in [1.82, 2.24) is 5.32 Å². The summed E-state index contributed by atoms with van der Waals surface area (Å²) in [5.74, 6) is 0.723. The fourth-order valence-corrected chi connectivity index (χ4v) is 3.27. The van der Waals surface area contributed by atoms with Gasteiger partial charge in [-0.2, -0.15) is 0 Å². The molecule has 19 heavy (non-hydrogen) atoms. The smallest absolute Gasteiger partial charge is 0.137 e. The summed E-state index contributed by atoms with van der Waals surface area (Å²) in [7, 11) is 0. The summed E-state index contributed by atoms with van der Waals surface area (Å²) in [6.07, 6.45) is 2.51. The van der Waals surface area contributed by atoms with Crippen molar-refractivity contribution in [2.75, 3.05) is 12.4 Å². The van der Waals surface area contributed by atoms with Crippen molar-refractivity contribution in [3.8, 4) is 0 Å². The molecule has 0 spiro atoms. The van der Waals surface area contributed by atoms with Gasteiger partial charge in [-0.05, 0) is 24.5 Å². The van der Waals surface area contributed by atoms with Crippen molar-refractivity contribution in [2.24, 2.45) is 0 Å². The number of rotatable bonds is 6. The SMILES string of the molecule is CC(C)NCc1cccc(F)c1SCC1CCCO1. The summed E-state index contributed by atoms with van der Waals surface area (Å²) < 4.78 is 19.6. The first-order valence-electron chi connectivity index (χ1n) is 6.92. The average molecular weight is 283 g/mol. The number of hydrogen-bond acceptors (Lipinski definition) is 3. The molecular weight excluding hydrogens is 261 g/mol. The van der Waals surface area contributed by atoms with Gasteiger partial charge in [-0.15, -0.1) is 11.8 Å². The quantitative estimate of drug-likeness (QED) is 0.806. The summed E-state index contributed by atoms with van der Waals surface area (Å²) in [4.78, 5) is 0.770. The molecule has 1 aliphatic rings. The Bertz CT molecular complexity index is 405. The highest BCUT2D eigenvalue weighted by Gasteiger charge is 2.17. The van der Waals surface area contributed by atoms with Crippen LogP contribution in [0.25, 0.3) is 0 Å². The van der Waals surface area contributed by atoms with E-state index in [1.165, 1.54) is 6.07 Å². The van der Waals surface area contributed by atoms with Crippen molar-refractivity contribution in [3.63, 3.8) is 0 Å². The molecule has 4 heteroatoms. The van der Waals surface area contributed by atoms with Crippen LogP contribution >= 0.6 is 11.8 Å². The summed E-state index contributed by atoms with van der Waals surface area (Å²) in [6, 6.07) is 5.72. The molecule has 1 atom stereocenters. The first-order chi connectivity index (χ1) is 9.16. The van der Waals surface area contributed by atoms with Crippen molar-refractivity contribution < 1.29 is 9.13 Å². The number of ether oxygens (including phenoxy) is 1. The third-order valence-corrected chi connectivity index (χ3v) is 4.47. The Hall–Kier alpha value is -0.580. The van der Waals surface area contributed by atoms with Gasteiger partial charge in [-0.25, -0.2) is 4.39 Å². The minimum Gasteiger partial charge on any atom is -0.377 e. The van der Waals surface area contributed by atoms with E-state index in [1.54, 1.807) is 17.8 Å². The van der Waals surface area contributed by atoms with Crippen molar-refractivity contribution in [2.45, 2.75) is 50.3 Å². The van der Waals surface area contributed by atoms with Gasteiger partial charge in [-0.1, -0.05) is 26.0 Å². The fraction of sp³-hybridized carbons (Fsp3) is 0.600. The first-order valence-corrected chi connectivity index (χ1v) is 7.90. The van der Waals surface area contributed by atoms with Crippen LogP contribution in [0, 0.1) is 5.82 Å². The molecule has 0 radical (unpaired) electrons. The second-order valence-electron chi connectivity index (χ2n) is 5.21. The molecule has 1 heterocycles. The van der Waals surface area contributed by atoms with Gasteiger partial charge in [0, 0.05) is 29.8 Å². The van der Waals surface area contributed by atoms with E-state index in [0.29, 0.717) is 12.6 Å². The molecule has 1 unspecified atom stereocenters. The number of benzene rings is 1. The number of nitrogens with one attached hydrogen (secondary N) is 1. The van der Waals surface area contributed by atoms with Crippen LogP contribution < -0.4 is 5.32 Å². The molecule has 1 fully saturated rings. The molecule has 0 bridgehead atoms. The molecule has 1 aliphatic heterocycles. The minimum atomic E-state index is -0.119. The number of hydrogen-bond donors (Lipinski definition) is 1. The zero-order valence-electron chi connectivity index (χ0n) is 11.6. The molecule has 1 aromatic carbocycles. The van der Waals surface area contributed by atoms with E-state index >= 15 is 0 Å². The lowest BCUT2D eigenvalue weighted by atomic mass is 10.2. The Kier molecular flexibility index (Phi) is 5.67. The highest BCUT2D eigenvalue weighted by molar-refractivity contribution is 7.99. The second-order valence-corrected chi connectivity index (χ2v) is 6.24. The van der Waals surface area contributed by atoms with E-state index in [2.05, 4.69) is 19.2 Å². The van der Waals surface area contributed by atoms with Crippen LogP contribution in [0.5, 0.6) is 0 Å². The standard InChI is InChI=1S/C15H22FNOS/c1-11(2)17-9-12-5-3-7-14(16)15(12)19-10-13-6-4-8-18-13/h3,5,7,11,13,17H,4,6,8-10H2,1-2H3. The van der Waals surface area contributed by atoms with Crippen molar-refractivity contribution >= 4 is 11.8 Å². The summed E-state index contributed by atoms with van der Waals surface area (Å²) in [5.41, 5.74) is 1.04. The van der Waals surface area contributed by atoms with E-state index in [1.807, 2.05) is 6.07 Å². The van der Waals surface area contributed by atoms with Crippen LogP contribution in [-0.4, -0.2) is 24.5 Å². The van der Waals surface area contributed by atoms with Gasteiger partial charge in [0.25, 0.3) is 0 Å². The number of thioether (sulfide) groups is 1. The molecule has 106 valence electrons. The highest BCUT2D eigenvalue weighted by Crippen LogP contribution is 2.29. The number of halogens is 1. The molecule has 0 aliphatic carbocycles. The Balaban J connectivity index is 1.99. The van der Waals surface area contributed by atoms with Crippen LogP contribution in [0.1, 0.15) is 32.3 Å². The van der Waals surface area contributed by atoms with Crippen LogP contribution in [0.15, 0.2) is 23.1 Å². The Morgan fingerprint density at radius 1 is 1.47 bits per heavy atom. The molecule has 2 nitrogen and oxygen atoms in total. The predicted octanol–water partition coefficient (Wildman–Crippen LogP) is 3.59. The molecule has 1 N–H and O–H groups in total.